The Morgan fingerprint density at radius 1 is 1.20 bits per heavy atom. The minimum atomic E-state index is -0.817. The Hall–Kier alpha value is 0.250. The average molecular weight is 165 g/mol. The molecule has 0 rings (SSSR count). The largest absolute Gasteiger partial charge is 0.389 e. The molecule has 0 aliphatic carbocycles. The zero-order chi connectivity index (χ0) is 8.58. The fraction of sp³-hybridized carbons (Fsp3) is 1.00. The summed E-state index contributed by atoms with van der Waals surface area (Å²) in [7, 11) is 0. The molecule has 0 bridgehead atoms. The monoisotopic (exact) mass is 164 g/mol. The lowest BCUT2D eigenvalue weighted by Gasteiger charge is -2.38. The summed E-state index contributed by atoms with van der Waals surface area (Å²) < 4.78 is 0. The van der Waals surface area contributed by atoms with Gasteiger partial charge in [-0.05, 0) is 26.7 Å². The highest BCUT2D eigenvalue weighted by Gasteiger charge is 2.40. The van der Waals surface area contributed by atoms with Crippen LogP contribution in [0.5, 0.6) is 0 Å². The van der Waals surface area contributed by atoms with E-state index in [-0.39, 0.29) is 5.92 Å². The molecule has 0 spiro atoms. The van der Waals surface area contributed by atoms with E-state index >= 15 is 0 Å². The van der Waals surface area contributed by atoms with Gasteiger partial charge >= 0.3 is 0 Å². The molecular formula is C8H17ClO. The lowest BCUT2D eigenvalue weighted by atomic mass is 9.83. The fourth-order valence-electron chi connectivity index (χ4n) is 0.706. The molecule has 0 aromatic carbocycles. The van der Waals surface area contributed by atoms with Gasteiger partial charge in [-0.1, -0.05) is 13.8 Å². The molecule has 0 saturated heterocycles. The summed E-state index contributed by atoms with van der Waals surface area (Å²) >= 11 is 6.10. The summed E-state index contributed by atoms with van der Waals surface area (Å²) in [4.78, 5) is -0.535. The highest BCUT2D eigenvalue weighted by atomic mass is 35.5. The first-order valence-electron chi connectivity index (χ1n) is 3.61. The Morgan fingerprint density at radius 3 is 1.50 bits per heavy atom. The molecule has 0 aromatic heterocycles. The van der Waals surface area contributed by atoms with Crippen LogP contribution in [0.2, 0.25) is 0 Å². The SMILES string of the molecule is CC(C)C(C)(Cl)C(C)(C)O. The van der Waals surface area contributed by atoms with Crippen LogP contribution in [0.1, 0.15) is 34.6 Å². The number of hydrogen-bond donors (Lipinski definition) is 1. The molecule has 1 unspecified atom stereocenters. The van der Waals surface area contributed by atoms with Gasteiger partial charge in [0.2, 0.25) is 0 Å². The van der Waals surface area contributed by atoms with E-state index in [0.29, 0.717) is 0 Å². The minimum Gasteiger partial charge on any atom is -0.389 e. The molecule has 0 radical (unpaired) electrons. The van der Waals surface area contributed by atoms with Crippen LogP contribution in [0.15, 0.2) is 0 Å². The summed E-state index contributed by atoms with van der Waals surface area (Å²) in [6.45, 7) is 9.34. The van der Waals surface area contributed by atoms with Crippen LogP contribution in [0.4, 0.5) is 0 Å². The highest BCUT2D eigenvalue weighted by molar-refractivity contribution is 6.24. The molecule has 62 valence electrons. The van der Waals surface area contributed by atoms with Gasteiger partial charge in [-0.2, -0.15) is 0 Å². The average Bonchev–Trinajstić information content (AvgIpc) is 1.62. The van der Waals surface area contributed by atoms with Crippen molar-refractivity contribution in [1.82, 2.24) is 0 Å². The van der Waals surface area contributed by atoms with Crippen LogP contribution in [0.25, 0.3) is 0 Å². The summed E-state index contributed by atoms with van der Waals surface area (Å²) in [6, 6.07) is 0. The van der Waals surface area contributed by atoms with Crippen molar-refractivity contribution in [1.29, 1.82) is 0 Å². The predicted octanol–water partition coefficient (Wildman–Crippen LogP) is 2.41. The second kappa shape index (κ2) is 2.71. The molecular weight excluding hydrogens is 148 g/mol. The molecule has 0 saturated carbocycles. The molecule has 0 aliphatic heterocycles. The summed E-state index contributed by atoms with van der Waals surface area (Å²) in [5.74, 6) is 0.272. The maximum absolute atomic E-state index is 9.58. The first-order valence-corrected chi connectivity index (χ1v) is 3.98. The molecule has 0 fully saturated rings. The van der Waals surface area contributed by atoms with E-state index in [4.69, 9.17) is 11.6 Å². The molecule has 1 N–H and O–H groups in total. The first kappa shape index (κ1) is 10.2. The quantitative estimate of drug-likeness (QED) is 0.622. The molecule has 1 nitrogen and oxygen atoms in total. The van der Waals surface area contributed by atoms with Gasteiger partial charge < -0.3 is 5.11 Å². The first-order chi connectivity index (χ1) is 4.19. The number of hydrogen-bond acceptors (Lipinski definition) is 1. The van der Waals surface area contributed by atoms with Crippen LogP contribution in [0.3, 0.4) is 0 Å². The van der Waals surface area contributed by atoms with E-state index < -0.39 is 10.5 Å². The van der Waals surface area contributed by atoms with Crippen molar-refractivity contribution in [3.8, 4) is 0 Å². The Kier molecular flexibility index (Phi) is 2.77. The third kappa shape index (κ3) is 1.86. The van der Waals surface area contributed by atoms with Crippen LogP contribution in [-0.2, 0) is 0 Å². The lowest BCUT2D eigenvalue weighted by molar-refractivity contribution is 0.0216. The Morgan fingerprint density at radius 2 is 1.50 bits per heavy atom. The Bertz CT molecular complexity index is 111. The number of halogens is 1. The van der Waals surface area contributed by atoms with Gasteiger partial charge in [-0.3, -0.25) is 0 Å². The summed E-state index contributed by atoms with van der Waals surface area (Å²) in [6.07, 6.45) is 0. The molecule has 0 aromatic rings. The van der Waals surface area contributed by atoms with Gasteiger partial charge in [-0.25, -0.2) is 0 Å². The molecule has 0 aliphatic rings. The van der Waals surface area contributed by atoms with Crippen molar-refractivity contribution in [2.45, 2.75) is 45.1 Å². The van der Waals surface area contributed by atoms with Gasteiger partial charge in [0, 0.05) is 0 Å². The van der Waals surface area contributed by atoms with Gasteiger partial charge in [0.25, 0.3) is 0 Å². The molecule has 0 heterocycles. The van der Waals surface area contributed by atoms with Gasteiger partial charge in [-0.15, -0.1) is 11.6 Å². The van der Waals surface area contributed by atoms with E-state index in [2.05, 4.69) is 0 Å². The van der Waals surface area contributed by atoms with E-state index in [1.54, 1.807) is 13.8 Å². The number of aliphatic hydroxyl groups is 1. The standard InChI is InChI=1S/C8H17ClO/c1-6(2)8(5,9)7(3,4)10/h6,10H,1-5H3. The second-order valence-corrected chi connectivity index (χ2v) is 4.57. The Labute approximate surface area is 68.4 Å². The molecule has 1 atom stereocenters. The van der Waals surface area contributed by atoms with E-state index in [1.165, 1.54) is 0 Å². The molecule has 2 heteroatoms. The number of alkyl halides is 1. The maximum atomic E-state index is 9.58. The summed E-state index contributed by atoms with van der Waals surface area (Å²) in [5.41, 5.74) is -0.817. The highest BCUT2D eigenvalue weighted by Crippen LogP contribution is 2.35. The van der Waals surface area contributed by atoms with Crippen LogP contribution in [0, 0.1) is 5.92 Å². The van der Waals surface area contributed by atoms with Crippen LogP contribution >= 0.6 is 11.6 Å². The number of rotatable bonds is 2. The van der Waals surface area contributed by atoms with Gasteiger partial charge in [0.05, 0.1) is 10.5 Å². The zero-order valence-corrected chi connectivity index (χ0v) is 8.16. The van der Waals surface area contributed by atoms with E-state index in [0.717, 1.165) is 0 Å². The van der Waals surface area contributed by atoms with Crippen molar-refractivity contribution in [2.75, 3.05) is 0 Å². The summed E-state index contributed by atoms with van der Waals surface area (Å²) in [5, 5.41) is 9.58. The van der Waals surface area contributed by atoms with Gasteiger partial charge in [0.1, 0.15) is 0 Å². The third-order valence-corrected chi connectivity index (χ3v) is 3.18. The Balaban J connectivity index is 4.40. The third-order valence-electron chi connectivity index (χ3n) is 2.28. The lowest BCUT2D eigenvalue weighted by Crippen LogP contribution is -2.46. The van der Waals surface area contributed by atoms with Crippen molar-refractivity contribution < 1.29 is 5.11 Å². The fourth-order valence-corrected chi connectivity index (χ4v) is 0.706. The smallest absolute Gasteiger partial charge is 0.0782 e. The van der Waals surface area contributed by atoms with Crippen molar-refractivity contribution >= 4 is 11.6 Å². The normalized spacial score (nSPS) is 19.2. The minimum absolute atomic E-state index is 0.272. The van der Waals surface area contributed by atoms with Crippen molar-refractivity contribution in [3.05, 3.63) is 0 Å². The molecule has 0 amide bonds. The van der Waals surface area contributed by atoms with E-state index in [9.17, 15) is 5.11 Å². The van der Waals surface area contributed by atoms with Crippen LogP contribution in [-0.4, -0.2) is 15.6 Å². The van der Waals surface area contributed by atoms with Crippen molar-refractivity contribution in [3.63, 3.8) is 0 Å². The van der Waals surface area contributed by atoms with Crippen LogP contribution < -0.4 is 0 Å². The maximum Gasteiger partial charge on any atom is 0.0782 e. The zero-order valence-electron chi connectivity index (χ0n) is 7.40. The van der Waals surface area contributed by atoms with Crippen molar-refractivity contribution in [2.24, 2.45) is 5.92 Å². The predicted molar refractivity (Wildman–Crippen MR) is 45.4 cm³/mol. The van der Waals surface area contributed by atoms with E-state index in [1.807, 2.05) is 20.8 Å². The molecule has 10 heavy (non-hydrogen) atoms. The topological polar surface area (TPSA) is 20.2 Å². The second-order valence-electron chi connectivity index (χ2n) is 3.79. The van der Waals surface area contributed by atoms with Gasteiger partial charge in [0.15, 0.2) is 0 Å².